The third kappa shape index (κ3) is 4.56. The zero-order chi connectivity index (χ0) is 21.3. The molecule has 158 valence electrons. The van der Waals surface area contributed by atoms with Crippen molar-refractivity contribution < 1.29 is 26.7 Å². The number of hydrogen-bond acceptors (Lipinski definition) is 5. The van der Waals surface area contributed by atoms with Gasteiger partial charge >= 0.3 is 5.97 Å². The van der Waals surface area contributed by atoms with Crippen LogP contribution >= 0.6 is 0 Å². The van der Waals surface area contributed by atoms with E-state index >= 15 is 0 Å². The number of carboxylic acids is 1. The topological polar surface area (TPSA) is 112 Å². The standard InChI is InChI=1S/C18H28N2O6S2/c1-13(2)20(14(3)4)28(25,26)17-9-7-16(8-10-17)27(23,24)19-11-5-6-15(12-19)18(21)22/h7-10,13-15H,5-6,11-12H2,1-4H3,(H,21,22)/t15-/m1/s1. The SMILES string of the molecule is CC(C)N(C(C)C)S(=O)(=O)c1ccc(S(=O)(=O)N2CCC[C@@H](C(=O)O)C2)cc1. The third-order valence-corrected chi connectivity index (χ3v) is 8.93. The number of benzene rings is 1. The van der Waals surface area contributed by atoms with Gasteiger partial charge in [-0.15, -0.1) is 0 Å². The number of hydrogen-bond donors (Lipinski definition) is 1. The second-order valence-electron chi connectivity index (χ2n) is 7.53. The molecule has 1 aromatic carbocycles. The predicted molar refractivity (Wildman–Crippen MR) is 105 cm³/mol. The van der Waals surface area contributed by atoms with Gasteiger partial charge in [-0.1, -0.05) is 0 Å². The first-order valence-corrected chi connectivity index (χ1v) is 12.1. The second kappa shape index (κ2) is 8.48. The molecule has 0 spiro atoms. The Hall–Kier alpha value is -1.49. The van der Waals surface area contributed by atoms with Crippen molar-refractivity contribution in [3.05, 3.63) is 24.3 Å². The van der Waals surface area contributed by atoms with Gasteiger partial charge in [-0.05, 0) is 64.8 Å². The van der Waals surface area contributed by atoms with Crippen LogP contribution in [0.5, 0.6) is 0 Å². The van der Waals surface area contributed by atoms with Gasteiger partial charge in [-0.3, -0.25) is 4.79 Å². The highest BCUT2D eigenvalue weighted by Gasteiger charge is 2.34. The van der Waals surface area contributed by atoms with Crippen LogP contribution in [0.2, 0.25) is 0 Å². The summed E-state index contributed by atoms with van der Waals surface area (Å²) in [5.74, 6) is -1.74. The lowest BCUT2D eigenvalue weighted by atomic mass is 10.0. The van der Waals surface area contributed by atoms with Gasteiger partial charge in [0.25, 0.3) is 0 Å². The molecule has 1 aliphatic heterocycles. The highest BCUT2D eigenvalue weighted by atomic mass is 32.2. The normalized spacial score (nSPS) is 19.5. The number of carbonyl (C=O) groups is 1. The molecule has 0 unspecified atom stereocenters. The minimum atomic E-state index is -3.88. The number of nitrogens with zero attached hydrogens (tertiary/aromatic N) is 2. The quantitative estimate of drug-likeness (QED) is 0.705. The maximum Gasteiger partial charge on any atom is 0.307 e. The summed E-state index contributed by atoms with van der Waals surface area (Å²) < 4.78 is 54.0. The van der Waals surface area contributed by atoms with Crippen LogP contribution in [0, 0.1) is 5.92 Å². The summed E-state index contributed by atoms with van der Waals surface area (Å²) in [6, 6.07) is 4.64. The third-order valence-electron chi connectivity index (χ3n) is 4.79. The van der Waals surface area contributed by atoms with Gasteiger partial charge in [0.05, 0.1) is 15.7 Å². The highest BCUT2D eigenvalue weighted by Crippen LogP contribution is 2.26. The fraction of sp³-hybridized carbons (Fsp3) is 0.611. The van der Waals surface area contributed by atoms with Crippen molar-refractivity contribution in [1.29, 1.82) is 0 Å². The molecule has 1 atom stereocenters. The van der Waals surface area contributed by atoms with E-state index in [2.05, 4.69) is 0 Å². The summed E-state index contributed by atoms with van der Waals surface area (Å²) in [6.07, 6.45) is 0.916. The van der Waals surface area contributed by atoms with Crippen molar-refractivity contribution in [2.24, 2.45) is 5.92 Å². The summed E-state index contributed by atoms with van der Waals surface area (Å²) in [4.78, 5) is 11.2. The Labute approximate surface area is 167 Å². The molecule has 1 N–H and O–H groups in total. The molecule has 0 aliphatic carbocycles. The molecule has 1 aliphatic rings. The van der Waals surface area contributed by atoms with Crippen LogP contribution in [0.4, 0.5) is 0 Å². The molecule has 0 radical (unpaired) electrons. The Kier molecular flexibility index (Phi) is 6.90. The van der Waals surface area contributed by atoms with E-state index in [0.717, 1.165) is 4.31 Å². The maximum absolute atomic E-state index is 12.9. The Morgan fingerprint density at radius 1 is 1.04 bits per heavy atom. The molecule has 0 amide bonds. The van der Waals surface area contributed by atoms with E-state index in [-0.39, 0.29) is 35.0 Å². The summed E-state index contributed by atoms with van der Waals surface area (Å²) >= 11 is 0. The van der Waals surface area contributed by atoms with E-state index in [9.17, 15) is 21.6 Å². The van der Waals surface area contributed by atoms with Crippen LogP contribution in [-0.2, 0) is 24.8 Å². The fourth-order valence-corrected chi connectivity index (χ4v) is 6.93. The molecule has 1 aromatic rings. The largest absolute Gasteiger partial charge is 0.481 e. The Morgan fingerprint density at radius 2 is 1.54 bits per heavy atom. The van der Waals surface area contributed by atoms with Gasteiger partial charge < -0.3 is 5.11 Å². The summed E-state index contributed by atoms with van der Waals surface area (Å²) in [5.41, 5.74) is 0. The number of rotatable bonds is 7. The van der Waals surface area contributed by atoms with Gasteiger partial charge in [0, 0.05) is 25.2 Å². The van der Waals surface area contributed by atoms with E-state index in [1.54, 1.807) is 27.7 Å². The number of carboxylic acid groups (broad SMARTS) is 1. The average molecular weight is 433 g/mol. The van der Waals surface area contributed by atoms with Crippen LogP contribution in [0.1, 0.15) is 40.5 Å². The lowest BCUT2D eigenvalue weighted by Crippen LogP contribution is -2.42. The van der Waals surface area contributed by atoms with Crippen LogP contribution in [-0.4, -0.2) is 61.7 Å². The zero-order valence-electron chi connectivity index (χ0n) is 16.6. The highest BCUT2D eigenvalue weighted by molar-refractivity contribution is 7.89. The molecule has 1 saturated heterocycles. The van der Waals surface area contributed by atoms with Gasteiger partial charge in [0.1, 0.15) is 0 Å². The van der Waals surface area contributed by atoms with Gasteiger partial charge in [-0.2, -0.15) is 8.61 Å². The number of aliphatic carboxylic acids is 1. The van der Waals surface area contributed by atoms with Crippen LogP contribution < -0.4 is 0 Å². The van der Waals surface area contributed by atoms with Gasteiger partial charge in [-0.25, -0.2) is 16.8 Å². The minimum absolute atomic E-state index is 0.0240. The Bertz CT molecular complexity index is 900. The van der Waals surface area contributed by atoms with Crippen molar-refractivity contribution in [2.75, 3.05) is 13.1 Å². The molecule has 10 heteroatoms. The first-order chi connectivity index (χ1) is 12.9. The van der Waals surface area contributed by atoms with Crippen LogP contribution in [0.3, 0.4) is 0 Å². The van der Waals surface area contributed by atoms with Crippen LogP contribution in [0.25, 0.3) is 0 Å². The van der Waals surface area contributed by atoms with Crippen molar-refractivity contribution in [3.8, 4) is 0 Å². The second-order valence-corrected chi connectivity index (χ2v) is 11.3. The fourth-order valence-electron chi connectivity index (χ4n) is 3.57. The number of sulfonamides is 2. The minimum Gasteiger partial charge on any atom is -0.481 e. The molecule has 0 aromatic heterocycles. The van der Waals surface area contributed by atoms with Crippen molar-refractivity contribution >= 4 is 26.0 Å². The first kappa shape index (κ1) is 22.8. The molecule has 2 rings (SSSR count). The average Bonchev–Trinajstić information content (AvgIpc) is 2.61. The van der Waals surface area contributed by atoms with E-state index in [1.807, 2.05) is 0 Å². The molecule has 8 nitrogen and oxygen atoms in total. The summed E-state index contributed by atoms with van der Waals surface area (Å²) in [6.45, 7) is 7.31. The monoisotopic (exact) mass is 432 g/mol. The molecule has 28 heavy (non-hydrogen) atoms. The molecule has 1 fully saturated rings. The summed E-state index contributed by atoms with van der Waals surface area (Å²) in [5, 5.41) is 9.17. The number of piperidine rings is 1. The van der Waals surface area contributed by atoms with Crippen molar-refractivity contribution in [3.63, 3.8) is 0 Å². The van der Waals surface area contributed by atoms with E-state index < -0.39 is 31.9 Å². The van der Waals surface area contributed by atoms with Crippen LogP contribution in [0.15, 0.2) is 34.1 Å². The first-order valence-electron chi connectivity index (χ1n) is 9.25. The molecule has 1 heterocycles. The molecular weight excluding hydrogens is 404 g/mol. The molecule has 0 bridgehead atoms. The lowest BCUT2D eigenvalue weighted by molar-refractivity contribution is -0.142. The van der Waals surface area contributed by atoms with Crippen molar-refractivity contribution in [1.82, 2.24) is 8.61 Å². The zero-order valence-corrected chi connectivity index (χ0v) is 18.2. The molecular formula is C18H28N2O6S2. The summed E-state index contributed by atoms with van der Waals surface area (Å²) in [7, 11) is -7.64. The van der Waals surface area contributed by atoms with E-state index in [4.69, 9.17) is 5.11 Å². The Balaban J connectivity index is 2.32. The maximum atomic E-state index is 12.9. The lowest BCUT2D eigenvalue weighted by Gasteiger charge is -2.30. The Morgan fingerprint density at radius 3 is 2.00 bits per heavy atom. The van der Waals surface area contributed by atoms with Crippen molar-refractivity contribution in [2.45, 2.75) is 62.4 Å². The van der Waals surface area contributed by atoms with Gasteiger partial charge in [0.2, 0.25) is 20.0 Å². The smallest absolute Gasteiger partial charge is 0.307 e. The van der Waals surface area contributed by atoms with E-state index in [1.165, 1.54) is 28.6 Å². The van der Waals surface area contributed by atoms with E-state index in [0.29, 0.717) is 12.8 Å². The predicted octanol–water partition coefficient (Wildman–Crippen LogP) is 1.98. The molecule has 0 saturated carbocycles. The van der Waals surface area contributed by atoms with Gasteiger partial charge in [0.15, 0.2) is 0 Å².